The average molecular weight is 375 g/mol. The zero-order valence-corrected chi connectivity index (χ0v) is 15.4. The van der Waals surface area contributed by atoms with Crippen LogP contribution in [0.25, 0.3) is 11.0 Å². The maximum atomic E-state index is 12.6. The van der Waals surface area contributed by atoms with Gasteiger partial charge in [0.15, 0.2) is 0 Å². The predicted molar refractivity (Wildman–Crippen MR) is 107 cm³/mol. The van der Waals surface area contributed by atoms with Crippen molar-refractivity contribution in [3.05, 3.63) is 67.0 Å². The van der Waals surface area contributed by atoms with Crippen molar-refractivity contribution in [1.29, 1.82) is 0 Å². The first-order chi connectivity index (χ1) is 13.7. The molecule has 7 nitrogen and oxygen atoms in total. The smallest absolute Gasteiger partial charge is 0.259 e. The fourth-order valence-electron chi connectivity index (χ4n) is 3.65. The maximum Gasteiger partial charge on any atom is 0.259 e. The minimum absolute atomic E-state index is 0.0426. The zero-order chi connectivity index (χ0) is 19.5. The van der Waals surface area contributed by atoms with Gasteiger partial charge in [-0.25, -0.2) is 4.98 Å². The topological polar surface area (TPSA) is 80.1 Å². The van der Waals surface area contributed by atoms with Crippen molar-refractivity contribution in [2.45, 2.75) is 18.9 Å². The van der Waals surface area contributed by atoms with Crippen LogP contribution in [0.4, 0.5) is 5.95 Å². The SMILES string of the molecule is C=CC(=O)N1CCC(n2c(NC(=O)c3cccnc3)nc3ccccc32)CC1. The number of imidazole rings is 1. The highest BCUT2D eigenvalue weighted by atomic mass is 16.2. The number of benzene rings is 1. The number of hydrogen-bond donors (Lipinski definition) is 1. The molecule has 1 N–H and O–H groups in total. The largest absolute Gasteiger partial charge is 0.339 e. The maximum absolute atomic E-state index is 12.6. The molecule has 7 heteroatoms. The van der Waals surface area contributed by atoms with Gasteiger partial charge in [-0.3, -0.25) is 19.9 Å². The molecule has 4 rings (SSSR count). The molecule has 0 spiro atoms. The van der Waals surface area contributed by atoms with Gasteiger partial charge in [0.25, 0.3) is 5.91 Å². The monoisotopic (exact) mass is 375 g/mol. The molecular formula is C21H21N5O2. The number of amides is 2. The molecule has 0 unspecified atom stereocenters. The van der Waals surface area contributed by atoms with Gasteiger partial charge < -0.3 is 9.47 Å². The van der Waals surface area contributed by atoms with E-state index in [1.54, 1.807) is 23.2 Å². The van der Waals surface area contributed by atoms with Gasteiger partial charge in [0.05, 0.1) is 16.6 Å². The Kier molecular flexibility index (Phi) is 4.89. The molecule has 1 saturated heterocycles. The van der Waals surface area contributed by atoms with Gasteiger partial charge in [-0.15, -0.1) is 0 Å². The molecular weight excluding hydrogens is 354 g/mol. The van der Waals surface area contributed by atoms with Gasteiger partial charge in [0.2, 0.25) is 11.9 Å². The highest BCUT2D eigenvalue weighted by Crippen LogP contribution is 2.31. The van der Waals surface area contributed by atoms with Crippen LogP contribution in [-0.2, 0) is 4.79 Å². The number of nitrogens with one attached hydrogen (secondary N) is 1. The van der Waals surface area contributed by atoms with Crippen molar-refractivity contribution in [1.82, 2.24) is 19.4 Å². The van der Waals surface area contributed by atoms with Crippen molar-refractivity contribution >= 4 is 28.8 Å². The number of para-hydroxylation sites is 2. The Balaban J connectivity index is 1.64. The summed E-state index contributed by atoms with van der Waals surface area (Å²) in [4.78, 5) is 34.9. The van der Waals surface area contributed by atoms with Gasteiger partial charge >= 0.3 is 0 Å². The van der Waals surface area contributed by atoms with E-state index in [1.165, 1.54) is 12.3 Å². The number of nitrogens with zero attached hydrogens (tertiary/aromatic N) is 4. The van der Waals surface area contributed by atoms with Crippen molar-refractivity contribution in [3.63, 3.8) is 0 Å². The lowest BCUT2D eigenvalue weighted by atomic mass is 10.0. The second-order valence-corrected chi connectivity index (χ2v) is 6.75. The number of likely N-dealkylation sites (tertiary alicyclic amines) is 1. The van der Waals surface area contributed by atoms with Crippen LogP contribution in [-0.4, -0.2) is 44.3 Å². The number of hydrogen-bond acceptors (Lipinski definition) is 4. The van der Waals surface area contributed by atoms with Gasteiger partial charge in [-0.1, -0.05) is 18.7 Å². The van der Waals surface area contributed by atoms with Crippen LogP contribution in [0.15, 0.2) is 61.4 Å². The second-order valence-electron chi connectivity index (χ2n) is 6.75. The molecule has 28 heavy (non-hydrogen) atoms. The Morgan fingerprint density at radius 1 is 1.14 bits per heavy atom. The molecule has 1 fully saturated rings. The standard InChI is InChI=1S/C21H21N5O2/c1-2-19(27)25-12-9-16(10-13-25)26-18-8-4-3-7-17(18)23-21(26)24-20(28)15-6-5-11-22-14-15/h2-8,11,14,16H,1,9-10,12-13H2,(H,23,24,28). The molecule has 1 aliphatic rings. The van der Waals surface area contributed by atoms with Crippen LogP contribution in [0.2, 0.25) is 0 Å². The summed E-state index contributed by atoms with van der Waals surface area (Å²) in [6, 6.07) is 11.4. The number of anilines is 1. The van der Waals surface area contributed by atoms with Crippen LogP contribution in [0.5, 0.6) is 0 Å². The Morgan fingerprint density at radius 3 is 2.64 bits per heavy atom. The van der Waals surface area contributed by atoms with E-state index in [-0.39, 0.29) is 17.9 Å². The van der Waals surface area contributed by atoms with E-state index in [1.807, 2.05) is 24.3 Å². The highest BCUT2D eigenvalue weighted by molar-refractivity contribution is 6.03. The molecule has 0 saturated carbocycles. The lowest BCUT2D eigenvalue weighted by Crippen LogP contribution is -2.38. The molecule has 0 atom stereocenters. The van der Waals surface area contributed by atoms with E-state index in [0.29, 0.717) is 24.6 Å². The molecule has 2 amide bonds. The lowest BCUT2D eigenvalue weighted by molar-refractivity contribution is -0.127. The minimum Gasteiger partial charge on any atom is -0.339 e. The van der Waals surface area contributed by atoms with E-state index in [9.17, 15) is 9.59 Å². The van der Waals surface area contributed by atoms with Crippen molar-refractivity contribution in [2.75, 3.05) is 18.4 Å². The molecule has 0 aliphatic carbocycles. The molecule has 142 valence electrons. The number of aromatic nitrogens is 3. The highest BCUT2D eigenvalue weighted by Gasteiger charge is 2.26. The fraction of sp³-hybridized carbons (Fsp3) is 0.238. The van der Waals surface area contributed by atoms with Crippen molar-refractivity contribution in [3.8, 4) is 0 Å². The number of fused-ring (bicyclic) bond motifs is 1. The van der Waals surface area contributed by atoms with Crippen LogP contribution >= 0.6 is 0 Å². The summed E-state index contributed by atoms with van der Waals surface area (Å²) in [6.07, 6.45) is 6.09. The molecule has 3 heterocycles. The Labute approximate surface area is 162 Å². The Hall–Kier alpha value is -3.48. The van der Waals surface area contributed by atoms with Crippen LogP contribution < -0.4 is 5.32 Å². The van der Waals surface area contributed by atoms with Crippen LogP contribution in [0.3, 0.4) is 0 Å². The van der Waals surface area contributed by atoms with E-state index in [2.05, 4.69) is 26.4 Å². The summed E-state index contributed by atoms with van der Waals surface area (Å²) in [5.41, 5.74) is 2.28. The number of rotatable bonds is 4. The normalized spacial score (nSPS) is 14.8. The summed E-state index contributed by atoms with van der Waals surface area (Å²) in [5, 5.41) is 2.93. The third kappa shape index (κ3) is 3.38. The molecule has 0 radical (unpaired) electrons. The number of carbonyl (C=O) groups is 2. The van der Waals surface area contributed by atoms with Gasteiger partial charge in [0.1, 0.15) is 0 Å². The summed E-state index contributed by atoms with van der Waals surface area (Å²) in [5.74, 6) is 0.228. The minimum atomic E-state index is -0.246. The number of piperidine rings is 1. The summed E-state index contributed by atoms with van der Waals surface area (Å²) in [7, 11) is 0. The summed E-state index contributed by atoms with van der Waals surface area (Å²) in [6.45, 7) is 4.86. The fourth-order valence-corrected chi connectivity index (χ4v) is 3.65. The third-order valence-electron chi connectivity index (χ3n) is 5.06. The molecule has 3 aromatic rings. The van der Waals surface area contributed by atoms with Gasteiger partial charge in [-0.05, 0) is 43.2 Å². The Bertz CT molecular complexity index is 1020. The van der Waals surface area contributed by atoms with Crippen LogP contribution in [0.1, 0.15) is 29.2 Å². The summed E-state index contributed by atoms with van der Waals surface area (Å²) < 4.78 is 2.08. The third-order valence-corrected chi connectivity index (χ3v) is 5.06. The van der Waals surface area contributed by atoms with E-state index < -0.39 is 0 Å². The number of carbonyl (C=O) groups excluding carboxylic acids is 2. The van der Waals surface area contributed by atoms with E-state index in [0.717, 1.165) is 23.9 Å². The number of pyridine rings is 1. The first-order valence-electron chi connectivity index (χ1n) is 9.27. The Morgan fingerprint density at radius 2 is 1.93 bits per heavy atom. The second kappa shape index (κ2) is 7.64. The van der Waals surface area contributed by atoms with Crippen LogP contribution in [0, 0.1) is 0 Å². The van der Waals surface area contributed by atoms with E-state index in [4.69, 9.17) is 0 Å². The van der Waals surface area contributed by atoms with E-state index >= 15 is 0 Å². The lowest BCUT2D eigenvalue weighted by Gasteiger charge is -2.33. The van der Waals surface area contributed by atoms with Crippen molar-refractivity contribution < 1.29 is 9.59 Å². The first kappa shape index (κ1) is 17.9. The zero-order valence-electron chi connectivity index (χ0n) is 15.4. The molecule has 1 aromatic carbocycles. The van der Waals surface area contributed by atoms with Crippen molar-refractivity contribution in [2.24, 2.45) is 0 Å². The average Bonchev–Trinajstić information content (AvgIpc) is 3.11. The first-order valence-corrected chi connectivity index (χ1v) is 9.27. The molecule has 0 bridgehead atoms. The van der Waals surface area contributed by atoms with Gasteiger partial charge in [0, 0.05) is 31.5 Å². The quantitative estimate of drug-likeness (QED) is 0.711. The van der Waals surface area contributed by atoms with Gasteiger partial charge in [-0.2, -0.15) is 0 Å². The molecule has 2 aromatic heterocycles. The summed E-state index contributed by atoms with van der Waals surface area (Å²) >= 11 is 0. The molecule has 1 aliphatic heterocycles. The predicted octanol–water partition coefficient (Wildman–Crippen LogP) is 3.03.